The Labute approximate surface area is 195 Å². The predicted molar refractivity (Wildman–Crippen MR) is 126 cm³/mol. The number of para-hydroxylation sites is 2. The Balaban J connectivity index is 1.66. The molecule has 8 nitrogen and oxygen atoms in total. The fourth-order valence-corrected chi connectivity index (χ4v) is 4.93. The minimum absolute atomic E-state index is 0.127. The molecule has 1 aliphatic rings. The molecule has 0 unspecified atom stereocenters. The molecule has 0 bridgehead atoms. The van der Waals surface area contributed by atoms with Crippen LogP contribution in [0.15, 0.2) is 57.9 Å². The van der Waals surface area contributed by atoms with Gasteiger partial charge in [-0.2, -0.15) is 0 Å². The number of ether oxygens (including phenoxy) is 1. The number of esters is 1. The molecule has 0 spiro atoms. The largest absolute Gasteiger partial charge is 0.466 e. The second-order valence-corrected chi connectivity index (χ2v) is 10.1. The molecular weight excluding hydrogens is 496 g/mol. The van der Waals surface area contributed by atoms with Crippen molar-refractivity contribution in [2.24, 2.45) is 5.92 Å². The number of fused-ring (bicyclic) bond motifs is 1. The quantitative estimate of drug-likeness (QED) is 0.492. The average molecular weight is 519 g/mol. The summed E-state index contributed by atoms with van der Waals surface area (Å²) in [4.78, 5) is 23.5. The number of hydrogen-bond acceptors (Lipinski definition) is 7. The molecule has 1 fully saturated rings. The van der Waals surface area contributed by atoms with Gasteiger partial charge in [0, 0.05) is 17.6 Å². The van der Waals surface area contributed by atoms with Crippen LogP contribution < -0.4 is 9.62 Å². The Morgan fingerprint density at radius 2 is 1.72 bits per heavy atom. The molecule has 0 saturated carbocycles. The van der Waals surface area contributed by atoms with E-state index in [0.29, 0.717) is 49.4 Å². The molecule has 2 heterocycles. The summed E-state index contributed by atoms with van der Waals surface area (Å²) in [5.74, 6) is 0.267. The summed E-state index contributed by atoms with van der Waals surface area (Å²) >= 11 is 3.32. The van der Waals surface area contributed by atoms with Gasteiger partial charge in [0.05, 0.1) is 28.5 Å². The van der Waals surface area contributed by atoms with E-state index in [-0.39, 0.29) is 22.6 Å². The fourth-order valence-electron chi connectivity index (χ4n) is 3.67. The summed E-state index contributed by atoms with van der Waals surface area (Å²) in [5, 5.41) is 0. The first kappa shape index (κ1) is 22.5. The topological polar surface area (TPSA) is 101 Å². The zero-order valence-electron chi connectivity index (χ0n) is 17.5. The van der Waals surface area contributed by atoms with Crippen LogP contribution in [-0.4, -0.2) is 44.1 Å². The lowest BCUT2D eigenvalue weighted by Gasteiger charge is -2.32. The number of nitrogens with one attached hydrogen (secondary N) is 1. The highest BCUT2D eigenvalue weighted by Crippen LogP contribution is 2.31. The van der Waals surface area contributed by atoms with Crippen LogP contribution in [0.2, 0.25) is 0 Å². The summed E-state index contributed by atoms with van der Waals surface area (Å²) in [6.45, 7) is 3.24. The van der Waals surface area contributed by atoms with Gasteiger partial charge in [-0.25, -0.2) is 18.4 Å². The first-order valence-electron chi connectivity index (χ1n) is 10.3. The van der Waals surface area contributed by atoms with Crippen LogP contribution in [0.4, 0.5) is 11.6 Å². The Morgan fingerprint density at radius 3 is 2.34 bits per heavy atom. The highest BCUT2D eigenvalue weighted by atomic mass is 79.9. The number of carbonyl (C=O) groups is 1. The van der Waals surface area contributed by atoms with Crippen molar-refractivity contribution < 1.29 is 17.9 Å². The molecule has 0 aliphatic carbocycles. The molecule has 1 saturated heterocycles. The van der Waals surface area contributed by atoms with E-state index < -0.39 is 10.0 Å². The van der Waals surface area contributed by atoms with Gasteiger partial charge >= 0.3 is 5.97 Å². The van der Waals surface area contributed by atoms with Crippen LogP contribution in [0, 0.1) is 5.92 Å². The normalized spacial score (nSPS) is 15.0. The number of anilines is 2. The minimum atomic E-state index is -3.87. The molecule has 0 radical (unpaired) electrons. The molecule has 1 aromatic heterocycles. The van der Waals surface area contributed by atoms with E-state index in [1.165, 1.54) is 12.1 Å². The first-order chi connectivity index (χ1) is 15.4. The molecule has 4 rings (SSSR count). The maximum atomic E-state index is 13.0. The van der Waals surface area contributed by atoms with Crippen LogP contribution in [0.1, 0.15) is 19.8 Å². The summed E-state index contributed by atoms with van der Waals surface area (Å²) in [6, 6.07) is 13.7. The van der Waals surface area contributed by atoms with Crippen molar-refractivity contribution in [3.63, 3.8) is 0 Å². The fraction of sp³-hybridized carbons (Fsp3) is 0.318. The van der Waals surface area contributed by atoms with Crippen molar-refractivity contribution in [1.29, 1.82) is 0 Å². The SMILES string of the molecule is CCOC(=O)C1CCN(c2nc3ccccc3nc2NS(=O)(=O)c2ccc(Br)cc2)CC1. The van der Waals surface area contributed by atoms with Gasteiger partial charge in [0.15, 0.2) is 11.6 Å². The molecule has 2 aromatic carbocycles. The third-order valence-electron chi connectivity index (χ3n) is 5.32. The smallest absolute Gasteiger partial charge is 0.309 e. The lowest BCUT2D eigenvalue weighted by molar-refractivity contribution is -0.148. The number of rotatable bonds is 6. The first-order valence-corrected chi connectivity index (χ1v) is 12.6. The van der Waals surface area contributed by atoms with Crippen LogP contribution in [-0.2, 0) is 19.6 Å². The average Bonchev–Trinajstić information content (AvgIpc) is 2.79. The Morgan fingerprint density at radius 1 is 1.09 bits per heavy atom. The second kappa shape index (κ2) is 9.41. The molecule has 10 heteroatoms. The standard InChI is InChI=1S/C22H23BrN4O4S/c1-2-31-22(28)15-11-13-27(14-12-15)21-20(24-18-5-3-4-6-19(18)25-21)26-32(29,30)17-9-7-16(23)8-10-17/h3-10,15H,2,11-14H2,1H3,(H,24,26). The van der Waals surface area contributed by atoms with Gasteiger partial charge < -0.3 is 9.64 Å². The van der Waals surface area contributed by atoms with E-state index in [9.17, 15) is 13.2 Å². The third kappa shape index (κ3) is 4.86. The van der Waals surface area contributed by atoms with Gasteiger partial charge in [-0.05, 0) is 56.2 Å². The molecule has 0 amide bonds. The van der Waals surface area contributed by atoms with Gasteiger partial charge in [-0.15, -0.1) is 0 Å². The lowest BCUT2D eigenvalue weighted by atomic mass is 9.97. The minimum Gasteiger partial charge on any atom is -0.466 e. The monoisotopic (exact) mass is 518 g/mol. The van der Waals surface area contributed by atoms with Crippen molar-refractivity contribution in [3.05, 3.63) is 53.0 Å². The number of hydrogen-bond donors (Lipinski definition) is 1. The van der Waals surface area contributed by atoms with E-state index in [2.05, 4.69) is 25.6 Å². The van der Waals surface area contributed by atoms with E-state index in [1.807, 2.05) is 23.1 Å². The summed E-state index contributed by atoms with van der Waals surface area (Å²) in [7, 11) is -3.87. The lowest BCUT2D eigenvalue weighted by Crippen LogP contribution is -2.38. The molecule has 0 atom stereocenters. The van der Waals surface area contributed by atoms with Crippen LogP contribution >= 0.6 is 15.9 Å². The van der Waals surface area contributed by atoms with Crippen molar-refractivity contribution in [3.8, 4) is 0 Å². The van der Waals surface area contributed by atoms with Crippen molar-refractivity contribution in [1.82, 2.24) is 9.97 Å². The summed E-state index contributed by atoms with van der Waals surface area (Å²) in [6.07, 6.45) is 1.21. The Bertz CT molecular complexity index is 1230. The van der Waals surface area contributed by atoms with Gasteiger partial charge in [-0.1, -0.05) is 28.1 Å². The summed E-state index contributed by atoms with van der Waals surface area (Å²) in [5.41, 5.74) is 1.26. The zero-order chi connectivity index (χ0) is 22.7. The van der Waals surface area contributed by atoms with Crippen molar-refractivity contribution in [2.45, 2.75) is 24.7 Å². The number of nitrogens with zero attached hydrogens (tertiary/aromatic N) is 3. The molecule has 3 aromatic rings. The zero-order valence-corrected chi connectivity index (χ0v) is 19.9. The van der Waals surface area contributed by atoms with Crippen molar-refractivity contribution in [2.75, 3.05) is 29.3 Å². The van der Waals surface area contributed by atoms with Crippen LogP contribution in [0.5, 0.6) is 0 Å². The Kier molecular flexibility index (Phi) is 6.61. The number of benzene rings is 2. The molecule has 1 aliphatic heterocycles. The number of halogens is 1. The second-order valence-electron chi connectivity index (χ2n) is 7.46. The van der Waals surface area contributed by atoms with Gasteiger partial charge in [0.25, 0.3) is 10.0 Å². The van der Waals surface area contributed by atoms with E-state index in [1.54, 1.807) is 25.1 Å². The van der Waals surface area contributed by atoms with Crippen molar-refractivity contribution >= 4 is 54.6 Å². The van der Waals surface area contributed by atoms with Gasteiger partial charge in [0.1, 0.15) is 0 Å². The maximum Gasteiger partial charge on any atom is 0.309 e. The molecular formula is C22H23BrN4O4S. The molecule has 32 heavy (non-hydrogen) atoms. The van der Waals surface area contributed by atoms with Crippen LogP contribution in [0.3, 0.4) is 0 Å². The number of carbonyl (C=O) groups excluding carboxylic acids is 1. The van der Waals surface area contributed by atoms with Gasteiger partial charge in [0.2, 0.25) is 0 Å². The molecule has 1 N–H and O–H groups in total. The highest BCUT2D eigenvalue weighted by molar-refractivity contribution is 9.10. The van der Waals surface area contributed by atoms with E-state index in [0.717, 1.165) is 4.47 Å². The summed E-state index contributed by atoms with van der Waals surface area (Å²) < 4.78 is 34.6. The number of piperidine rings is 1. The maximum absolute atomic E-state index is 13.0. The number of sulfonamides is 1. The van der Waals surface area contributed by atoms with Crippen LogP contribution in [0.25, 0.3) is 11.0 Å². The number of aromatic nitrogens is 2. The Hall–Kier alpha value is -2.72. The predicted octanol–water partition coefficient (Wildman–Crippen LogP) is 3.97. The van der Waals surface area contributed by atoms with E-state index >= 15 is 0 Å². The highest BCUT2D eigenvalue weighted by Gasteiger charge is 2.29. The third-order valence-corrected chi connectivity index (χ3v) is 7.21. The van der Waals surface area contributed by atoms with E-state index in [4.69, 9.17) is 9.72 Å². The van der Waals surface area contributed by atoms with Gasteiger partial charge in [-0.3, -0.25) is 9.52 Å². The molecule has 168 valence electrons.